The van der Waals surface area contributed by atoms with E-state index in [4.69, 9.17) is 15.0 Å². The molecule has 5 heteroatoms. The minimum atomic E-state index is 0.917. The molecule has 0 fully saturated rings. The number of hydrogen-bond acceptors (Lipinski definition) is 3. The summed E-state index contributed by atoms with van der Waals surface area (Å²) < 4.78 is 4.19. The molecule has 0 saturated heterocycles. The maximum absolute atomic E-state index is 5.13. The summed E-state index contributed by atoms with van der Waals surface area (Å²) in [5, 5.41) is 1.06. The normalized spacial score (nSPS) is 11.7. The summed E-state index contributed by atoms with van der Waals surface area (Å²) in [6.45, 7) is 0. The summed E-state index contributed by atoms with van der Waals surface area (Å²) in [5.74, 6) is 0. The second-order valence-electron chi connectivity index (χ2n) is 9.47. The molecular weight excluding hydrogens is 466 g/mol. The number of hydrogen-bond donors (Lipinski definition) is 0. The van der Waals surface area contributed by atoms with Gasteiger partial charge in [-0.2, -0.15) is 0 Å². The van der Waals surface area contributed by atoms with E-state index in [9.17, 15) is 0 Å². The van der Waals surface area contributed by atoms with Gasteiger partial charge >= 0.3 is 0 Å². The first-order chi connectivity index (χ1) is 18.8. The van der Waals surface area contributed by atoms with Crippen molar-refractivity contribution in [1.82, 2.24) is 23.8 Å². The Kier molecular flexibility index (Phi) is 4.45. The van der Waals surface area contributed by atoms with Crippen LogP contribution in [0.3, 0.4) is 0 Å². The summed E-state index contributed by atoms with van der Waals surface area (Å²) in [6, 6.07) is 37.6. The van der Waals surface area contributed by atoms with Gasteiger partial charge in [0.2, 0.25) is 0 Å². The molecule has 5 aromatic heterocycles. The van der Waals surface area contributed by atoms with Crippen LogP contribution in [0, 0.1) is 0 Å². The molecule has 3 aromatic carbocycles. The van der Waals surface area contributed by atoms with Crippen molar-refractivity contribution in [2.75, 3.05) is 0 Å². The first-order valence-electron chi connectivity index (χ1n) is 12.6. The number of pyridine rings is 3. The zero-order valence-electron chi connectivity index (χ0n) is 20.4. The average molecular weight is 488 g/mol. The quantitative estimate of drug-likeness (QED) is 0.257. The summed E-state index contributed by atoms with van der Waals surface area (Å²) in [4.78, 5) is 14.9. The van der Waals surface area contributed by atoms with E-state index in [0.717, 1.165) is 66.9 Å². The molecule has 5 nitrogen and oxygen atoms in total. The van der Waals surface area contributed by atoms with E-state index in [1.165, 1.54) is 0 Å². The molecule has 8 rings (SSSR count). The molecule has 178 valence electrons. The van der Waals surface area contributed by atoms with Crippen LogP contribution in [0.25, 0.3) is 66.9 Å². The van der Waals surface area contributed by atoms with Crippen molar-refractivity contribution in [3.63, 3.8) is 0 Å². The summed E-state index contributed by atoms with van der Waals surface area (Å²) in [5.41, 5.74) is 11.1. The Labute approximate surface area is 218 Å². The van der Waals surface area contributed by atoms with E-state index in [1.54, 1.807) is 0 Å². The number of fused-ring (bicyclic) bond motifs is 6. The molecule has 0 spiro atoms. The summed E-state index contributed by atoms with van der Waals surface area (Å²) in [6.07, 6.45) is 6.15. The molecule has 0 N–H and O–H groups in total. The van der Waals surface area contributed by atoms with Crippen molar-refractivity contribution in [1.29, 1.82) is 0 Å². The highest BCUT2D eigenvalue weighted by molar-refractivity contribution is 6.09. The van der Waals surface area contributed by atoms with Gasteiger partial charge < -0.3 is 4.40 Å². The third-order valence-electron chi connectivity index (χ3n) is 7.16. The molecule has 38 heavy (non-hydrogen) atoms. The molecule has 0 atom stereocenters. The molecule has 0 amide bonds. The second kappa shape index (κ2) is 8.11. The fourth-order valence-corrected chi connectivity index (χ4v) is 5.31. The van der Waals surface area contributed by atoms with Crippen LogP contribution in [0.1, 0.15) is 0 Å². The van der Waals surface area contributed by atoms with Gasteiger partial charge in [-0.25, -0.2) is 15.0 Å². The number of rotatable bonds is 3. The highest BCUT2D eigenvalue weighted by Gasteiger charge is 2.16. The Hall–Kier alpha value is -5.29. The Balaban J connectivity index is 1.26. The predicted octanol–water partition coefficient (Wildman–Crippen LogP) is 7.68. The Bertz CT molecular complexity index is 2100. The van der Waals surface area contributed by atoms with Crippen LogP contribution < -0.4 is 0 Å². The van der Waals surface area contributed by atoms with Crippen molar-refractivity contribution in [2.24, 2.45) is 0 Å². The van der Waals surface area contributed by atoms with Crippen molar-refractivity contribution in [2.45, 2.75) is 0 Å². The number of aromatic nitrogens is 5. The standard InChI is InChI=1S/C33H21N5/c1-2-11-27-26(10-1)32-33(38-19-6-4-13-30(38)36-32)31(35-27)25-9-7-8-24(20-25)22-14-16-23(17-15-22)28-21-37-18-5-3-12-29(37)34-28/h1-21H. The minimum Gasteiger partial charge on any atom is -0.306 e. The lowest BCUT2D eigenvalue weighted by atomic mass is 9.99. The fourth-order valence-electron chi connectivity index (χ4n) is 5.31. The topological polar surface area (TPSA) is 47.5 Å². The Morgan fingerprint density at radius 3 is 2.18 bits per heavy atom. The van der Waals surface area contributed by atoms with E-state index in [2.05, 4.69) is 77.5 Å². The maximum atomic E-state index is 5.13. The molecule has 0 radical (unpaired) electrons. The van der Waals surface area contributed by atoms with Gasteiger partial charge in [0.05, 0.1) is 22.4 Å². The molecule has 0 aliphatic rings. The lowest BCUT2D eigenvalue weighted by Gasteiger charge is -2.10. The lowest BCUT2D eigenvalue weighted by molar-refractivity contribution is 1.19. The van der Waals surface area contributed by atoms with E-state index >= 15 is 0 Å². The molecule has 8 aromatic rings. The van der Waals surface area contributed by atoms with Crippen molar-refractivity contribution in [3.8, 4) is 33.6 Å². The largest absolute Gasteiger partial charge is 0.306 e. The van der Waals surface area contributed by atoms with Crippen LogP contribution in [0.15, 0.2) is 128 Å². The van der Waals surface area contributed by atoms with Gasteiger partial charge in [0.15, 0.2) is 0 Å². The van der Waals surface area contributed by atoms with Crippen LogP contribution in [0.5, 0.6) is 0 Å². The third kappa shape index (κ3) is 3.22. The summed E-state index contributed by atoms with van der Waals surface area (Å²) in [7, 11) is 0. The Morgan fingerprint density at radius 1 is 0.526 bits per heavy atom. The van der Waals surface area contributed by atoms with Crippen molar-refractivity contribution >= 4 is 33.2 Å². The number of para-hydroxylation sites is 1. The zero-order chi connectivity index (χ0) is 25.1. The van der Waals surface area contributed by atoms with Gasteiger partial charge in [-0.05, 0) is 47.5 Å². The van der Waals surface area contributed by atoms with E-state index in [1.807, 2.05) is 59.1 Å². The molecule has 0 aliphatic carbocycles. The molecule has 0 aliphatic heterocycles. The fraction of sp³-hybridized carbons (Fsp3) is 0. The lowest BCUT2D eigenvalue weighted by Crippen LogP contribution is -1.92. The maximum Gasteiger partial charge on any atom is 0.137 e. The van der Waals surface area contributed by atoms with Gasteiger partial charge in [-0.3, -0.25) is 4.40 Å². The highest BCUT2D eigenvalue weighted by Crippen LogP contribution is 2.35. The predicted molar refractivity (Wildman–Crippen MR) is 153 cm³/mol. The number of benzene rings is 3. The average Bonchev–Trinajstić information content (AvgIpc) is 3.59. The molecule has 0 saturated carbocycles. The molecule has 5 heterocycles. The SMILES string of the molecule is c1cc(-c2ccc(-c3cn4ccccc4n3)cc2)cc(-c2nc3ccccc3c3nc4ccccn4c23)c1. The van der Waals surface area contributed by atoms with Gasteiger partial charge in [0, 0.05) is 35.1 Å². The van der Waals surface area contributed by atoms with Crippen LogP contribution >= 0.6 is 0 Å². The van der Waals surface area contributed by atoms with Gasteiger partial charge in [0.1, 0.15) is 16.8 Å². The highest BCUT2D eigenvalue weighted by atomic mass is 15.0. The molecule has 0 unspecified atom stereocenters. The zero-order valence-corrected chi connectivity index (χ0v) is 20.4. The van der Waals surface area contributed by atoms with E-state index in [-0.39, 0.29) is 0 Å². The van der Waals surface area contributed by atoms with Crippen LogP contribution in [0.4, 0.5) is 0 Å². The summed E-state index contributed by atoms with van der Waals surface area (Å²) >= 11 is 0. The van der Waals surface area contributed by atoms with Gasteiger partial charge in [-0.15, -0.1) is 0 Å². The Morgan fingerprint density at radius 2 is 1.29 bits per heavy atom. The first-order valence-corrected chi connectivity index (χ1v) is 12.6. The second-order valence-corrected chi connectivity index (χ2v) is 9.47. The minimum absolute atomic E-state index is 0.917. The number of imidazole rings is 2. The van der Waals surface area contributed by atoms with Crippen LogP contribution in [-0.2, 0) is 0 Å². The smallest absolute Gasteiger partial charge is 0.137 e. The molecule has 0 bridgehead atoms. The van der Waals surface area contributed by atoms with E-state index < -0.39 is 0 Å². The van der Waals surface area contributed by atoms with Gasteiger partial charge in [0.25, 0.3) is 0 Å². The first kappa shape index (κ1) is 20.9. The van der Waals surface area contributed by atoms with Crippen LogP contribution in [0.2, 0.25) is 0 Å². The van der Waals surface area contributed by atoms with Gasteiger partial charge in [-0.1, -0.05) is 72.8 Å². The third-order valence-corrected chi connectivity index (χ3v) is 7.16. The van der Waals surface area contributed by atoms with Crippen LogP contribution in [-0.4, -0.2) is 23.8 Å². The number of nitrogens with zero attached hydrogens (tertiary/aromatic N) is 5. The van der Waals surface area contributed by atoms with E-state index in [0.29, 0.717) is 0 Å². The molecular formula is C33H21N5. The van der Waals surface area contributed by atoms with Crippen molar-refractivity contribution < 1.29 is 0 Å². The van der Waals surface area contributed by atoms with Crippen molar-refractivity contribution in [3.05, 3.63) is 128 Å². The monoisotopic (exact) mass is 487 g/mol.